The molecule has 2 heterocycles. The van der Waals surface area contributed by atoms with Gasteiger partial charge in [0.15, 0.2) is 0 Å². The van der Waals surface area contributed by atoms with Crippen LogP contribution in [0.15, 0.2) is 29.2 Å². The Hall–Kier alpha value is -2.93. The van der Waals surface area contributed by atoms with Crippen LogP contribution in [-0.4, -0.2) is 39.9 Å². The third-order valence-electron chi connectivity index (χ3n) is 6.50. The molecule has 2 aliphatic heterocycles. The number of rotatable bonds is 5. The maximum atomic E-state index is 12.3. The van der Waals surface area contributed by atoms with Crippen LogP contribution in [0.1, 0.15) is 48.1 Å². The summed E-state index contributed by atoms with van der Waals surface area (Å²) in [6, 6.07) is 7.45. The number of hydrogen-bond donors (Lipinski definition) is 1. The van der Waals surface area contributed by atoms with E-state index in [1.165, 1.54) is 4.90 Å². The smallest absolute Gasteiger partial charge is 0.293 e. The summed E-state index contributed by atoms with van der Waals surface area (Å²) in [5.74, 6) is 1.68. The van der Waals surface area contributed by atoms with Crippen molar-refractivity contribution in [1.29, 1.82) is 0 Å². The van der Waals surface area contributed by atoms with Crippen LogP contribution in [0.2, 0.25) is 0 Å². The van der Waals surface area contributed by atoms with Gasteiger partial charge in [-0.2, -0.15) is 0 Å². The first kappa shape index (κ1) is 23.2. The molecular weight excluding hydrogens is 438 g/mol. The Morgan fingerprint density at radius 3 is 2.48 bits per heavy atom. The van der Waals surface area contributed by atoms with Gasteiger partial charge in [0.25, 0.3) is 11.1 Å². The average Bonchev–Trinajstić information content (AvgIpc) is 3.07. The van der Waals surface area contributed by atoms with Crippen LogP contribution in [0, 0.1) is 20.8 Å². The van der Waals surface area contributed by atoms with Crippen LogP contribution in [-0.2, 0) is 11.2 Å². The lowest BCUT2D eigenvalue weighted by Gasteiger charge is -2.37. The van der Waals surface area contributed by atoms with Crippen molar-refractivity contribution in [2.24, 2.45) is 0 Å². The van der Waals surface area contributed by atoms with Crippen molar-refractivity contribution in [1.82, 2.24) is 4.90 Å². The molecule has 1 N–H and O–H groups in total. The number of carbonyl (C=O) groups is 2. The summed E-state index contributed by atoms with van der Waals surface area (Å²) in [6.07, 6.45) is 3.34. The van der Waals surface area contributed by atoms with E-state index in [0.29, 0.717) is 29.6 Å². The van der Waals surface area contributed by atoms with E-state index in [9.17, 15) is 14.7 Å². The maximum absolute atomic E-state index is 12.3. The maximum Gasteiger partial charge on any atom is 0.293 e. The largest absolute Gasteiger partial charge is 0.507 e. The number of thioether (sulfide) groups is 1. The van der Waals surface area contributed by atoms with Gasteiger partial charge < -0.3 is 14.6 Å². The molecule has 1 fully saturated rings. The zero-order valence-electron chi connectivity index (χ0n) is 19.7. The van der Waals surface area contributed by atoms with E-state index in [0.717, 1.165) is 58.2 Å². The Morgan fingerprint density at radius 2 is 1.85 bits per heavy atom. The Bertz CT molecular complexity index is 1150. The molecule has 1 unspecified atom stereocenters. The third kappa shape index (κ3) is 4.34. The molecule has 7 heteroatoms. The molecule has 2 aromatic carbocycles. The summed E-state index contributed by atoms with van der Waals surface area (Å²) < 4.78 is 12.5. The Kier molecular flexibility index (Phi) is 6.18. The van der Waals surface area contributed by atoms with Crippen LogP contribution >= 0.6 is 11.8 Å². The van der Waals surface area contributed by atoms with Gasteiger partial charge in [-0.25, -0.2) is 0 Å². The number of nitrogens with zero attached hydrogens (tertiary/aromatic N) is 1. The molecule has 1 saturated heterocycles. The summed E-state index contributed by atoms with van der Waals surface area (Å²) >= 11 is 0.967. The third-order valence-corrected chi connectivity index (χ3v) is 7.41. The summed E-state index contributed by atoms with van der Waals surface area (Å²) in [5.41, 5.74) is 4.14. The van der Waals surface area contributed by atoms with Crippen molar-refractivity contribution < 1.29 is 24.2 Å². The topological polar surface area (TPSA) is 76.1 Å². The number of phenols is 1. The Morgan fingerprint density at radius 1 is 1.15 bits per heavy atom. The van der Waals surface area contributed by atoms with Crippen molar-refractivity contribution in [2.45, 2.75) is 53.1 Å². The molecule has 0 spiro atoms. The molecule has 2 aromatic rings. The quantitative estimate of drug-likeness (QED) is 0.582. The van der Waals surface area contributed by atoms with Crippen LogP contribution in [0.3, 0.4) is 0 Å². The number of benzene rings is 2. The monoisotopic (exact) mass is 467 g/mol. The minimum absolute atomic E-state index is 0.230. The molecule has 0 radical (unpaired) electrons. The first-order valence-electron chi connectivity index (χ1n) is 11.1. The van der Waals surface area contributed by atoms with Crippen molar-refractivity contribution in [3.8, 4) is 17.2 Å². The number of phenolic OH excluding ortho intramolecular Hbond substituents is 1. The molecule has 33 heavy (non-hydrogen) atoms. The van der Waals surface area contributed by atoms with Crippen LogP contribution in [0.5, 0.6) is 17.2 Å². The SMILES string of the molecule is CCN1C(=O)S/C(=C\c2ccc(OCC3(C)CCc4c(C)c(O)c(C)c(C)c4O3)cc2)C1=O. The zero-order valence-corrected chi connectivity index (χ0v) is 20.5. The van der Waals surface area contributed by atoms with E-state index in [2.05, 4.69) is 0 Å². The van der Waals surface area contributed by atoms with Gasteiger partial charge in [-0.3, -0.25) is 14.5 Å². The van der Waals surface area contributed by atoms with Crippen molar-refractivity contribution >= 4 is 29.0 Å². The van der Waals surface area contributed by atoms with Crippen LogP contribution in [0.4, 0.5) is 4.79 Å². The predicted octanol–water partition coefficient (Wildman–Crippen LogP) is 5.54. The van der Waals surface area contributed by atoms with E-state index in [-0.39, 0.29) is 11.1 Å². The van der Waals surface area contributed by atoms with Gasteiger partial charge in [-0.05, 0) is 99.7 Å². The fourth-order valence-electron chi connectivity index (χ4n) is 4.22. The van der Waals surface area contributed by atoms with Crippen molar-refractivity contribution in [3.05, 3.63) is 57.0 Å². The summed E-state index contributed by atoms with van der Waals surface area (Å²) in [7, 11) is 0. The second-order valence-corrected chi connectivity index (χ2v) is 9.86. The molecule has 0 bridgehead atoms. The fraction of sp³-hybridized carbons (Fsp3) is 0.385. The summed E-state index contributed by atoms with van der Waals surface area (Å²) in [4.78, 5) is 25.8. The summed E-state index contributed by atoms with van der Waals surface area (Å²) in [5, 5.41) is 10.1. The molecule has 2 amide bonds. The number of hydrogen-bond acceptors (Lipinski definition) is 6. The molecule has 2 aliphatic rings. The first-order valence-corrected chi connectivity index (χ1v) is 11.9. The molecular formula is C26H29NO5S. The van der Waals surface area contributed by atoms with Crippen molar-refractivity contribution in [3.63, 3.8) is 0 Å². The minimum Gasteiger partial charge on any atom is -0.507 e. The number of likely N-dealkylation sites (N-methyl/N-ethyl adjacent to an activating group) is 1. The number of aromatic hydroxyl groups is 1. The van der Waals surface area contributed by atoms with Crippen LogP contribution < -0.4 is 9.47 Å². The number of ether oxygens (including phenoxy) is 2. The zero-order chi connectivity index (χ0) is 23.9. The van der Waals surface area contributed by atoms with Crippen molar-refractivity contribution in [2.75, 3.05) is 13.2 Å². The highest BCUT2D eigenvalue weighted by Gasteiger charge is 2.36. The highest BCUT2D eigenvalue weighted by atomic mass is 32.2. The lowest BCUT2D eigenvalue weighted by Crippen LogP contribution is -2.42. The van der Waals surface area contributed by atoms with Gasteiger partial charge >= 0.3 is 0 Å². The van der Waals surface area contributed by atoms with E-state index >= 15 is 0 Å². The molecule has 0 saturated carbocycles. The molecule has 1 atom stereocenters. The standard InChI is InChI=1S/C26H29NO5S/c1-6-27-24(29)21(33-25(27)30)13-18-7-9-19(10-8-18)31-14-26(5)12-11-20-17(4)22(28)15(2)16(3)23(20)32-26/h7-10,13,28H,6,11-12,14H2,1-5H3/b21-13-. The lowest BCUT2D eigenvalue weighted by molar-refractivity contribution is -0.122. The molecule has 6 nitrogen and oxygen atoms in total. The van der Waals surface area contributed by atoms with Gasteiger partial charge in [-0.15, -0.1) is 0 Å². The lowest BCUT2D eigenvalue weighted by atomic mass is 9.87. The highest BCUT2D eigenvalue weighted by Crippen LogP contribution is 2.43. The molecule has 0 aliphatic carbocycles. The minimum atomic E-state index is -0.481. The van der Waals surface area contributed by atoms with E-state index in [4.69, 9.17) is 9.47 Å². The number of fused-ring (bicyclic) bond motifs is 1. The Balaban J connectivity index is 1.44. The number of imide groups is 1. The fourth-order valence-corrected chi connectivity index (χ4v) is 5.12. The predicted molar refractivity (Wildman–Crippen MR) is 130 cm³/mol. The van der Waals surface area contributed by atoms with E-state index < -0.39 is 5.60 Å². The van der Waals surface area contributed by atoms with Gasteiger partial charge in [0.2, 0.25) is 0 Å². The highest BCUT2D eigenvalue weighted by molar-refractivity contribution is 8.18. The normalized spacial score (nSPS) is 21.4. The van der Waals surface area contributed by atoms with Gasteiger partial charge in [0.05, 0.1) is 4.91 Å². The van der Waals surface area contributed by atoms with E-state index in [1.807, 2.05) is 52.0 Å². The Labute approximate surface area is 198 Å². The summed E-state index contributed by atoms with van der Waals surface area (Å²) in [6.45, 7) is 10.4. The molecule has 0 aromatic heterocycles. The van der Waals surface area contributed by atoms with E-state index in [1.54, 1.807) is 13.0 Å². The number of amides is 2. The number of carbonyl (C=O) groups excluding carboxylic acids is 2. The molecule has 174 valence electrons. The second kappa shape index (κ2) is 8.78. The first-order chi connectivity index (χ1) is 15.6. The second-order valence-electron chi connectivity index (χ2n) is 8.87. The van der Waals surface area contributed by atoms with Gasteiger partial charge in [0, 0.05) is 12.1 Å². The average molecular weight is 468 g/mol. The van der Waals surface area contributed by atoms with Gasteiger partial charge in [-0.1, -0.05) is 12.1 Å². The van der Waals surface area contributed by atoms with Gasteiger partial charge in [0.1, 0.15) is 29.5 Å². The molecule has 4 rings (SSSR count). The van der Waals surface area contributed by atoms with Crippen LogP contribution in [0.25, 0.3) is 6.08 Å².